The first-order chi connectivity index (χ1) is 12.2. The topological polar surface area (TPSA) is 56.5 Å². The number of hydrogen-bond acceptors (Lipinski definition) is 6. The summed E-state index contributed by atoms with van der Waals surface area (Å²) in [6.45, 7) is 6.84. The van der Waals surface area contributed by atoms with Crippen molar-refractivity contribution in [2.45, 2.75) is 37.5 Å². The van der Waals surface area contributed by atoms with Crippen LogP contribution in [-0.4, -0.2) is 24.7 Å². The van der Waals surface area contributed by atoms with Gasteiger partial charge in [0.1, 0.15) is 21.5 Å². The van der Waals surface area contributed by atoms with E-state index in [-0.39, 0.29) is 0 Å². The molecule has 0 aliphatic carbocycles. The Morgan fingerprint density at radius 3 is 2.64 bits per heavy atom. The van der Waals surface area contributed by atoms with Crippen molar-refractivity contribution in [3.05, 3.63) is 48.0 Å². The average molecular weight is 368 g/mol. The molecular weight excluding hydrogens is 350 g/mol. The van der Waals surface area contributed by atoms with Crippen LogP contribution < -0.4 is 0 Å². The van der Waals surface area contributed by atoms with Gasteiger partial charge >= 0.3 is 0 Å². The molecule has 4 rings (SSSR count). The predicted molar refractivity (Wildman–Crippen MR) is 102 cm³/mol. The van der Waals surface area contributed by atoms with E-state index < -0.39 is 0 Å². The number of aryl methyl sites for hydroxylation is 2. The molecule has 0 atom stereocenters. The Hall–Kier alpha value is -2.25. The van der Waals surface area contributed by atoms with E-state index in [2.05, 4.69) is 62.0 Å². The molecule has 0 saturated carbocycles. The quantitative estimate of drug-likeness (QED) is 0.488. The zero-order valence-corrected chi connectivity index (χ0v) is 15.9. The van der Waals surface area contributed by atoms with Gasteiger partial charge in [-0.1, -0.05) is 30.3 Å². The Kier molecular flexibility index (Phi) is 4.27. The Labute approximate surface area is 154 Å². The van der Waals surface area contributed by atoms with Crippen molar-refractivity contribution >= 4 is 33.3 Å². The summed E-state index contributed by atoms with van der Waals surface area (Å²) in [5.74, 6) is 1.69. The van der Waals surface area contributed by atoms with Crippen molar-refractivity contribution in [2.75, 3.05) is 0 Å². The maximum absolute atomic E-state index is 4.67. The number of fused-ring (bicyclic) bond motifs is 1. The van der Waals surface area contributed by atoms with E-state index in [0.29, 0.717) is 0 Å². The van der Waals surface area contributed by atoms with Crippen LogP contribution in [0.5, 0.6) is 0 Å². The van der Waals surface area contributed by atoms with Gasteiger partial charge < -0.3 is 4.57 Å². The van der Waals surface area contributed by atoms with E-state index in [1.807, 2.05) is 19.9 Å². The van der Waals surface area contributed by atoms with Crippen molar-refractivity contribution in [3.8, 4) is 10.4 Å². The van der Waals surface area contributed by atoms with Crippen LogP contribution in [0.1, 0.15) is 18.6 Å². The molecule has 0 radical (unpaired) electrons. The van der Waals surface area contributed by atoms with E-state index in [1.54, 1.807) is 23.1 Å². The smallest absolute Gasteiger partial charge is 0.197 e. The molecule has 5 nitrogen and oxygen atoms in total. The van der Waals surface area contributed by atoms with Gasteiger partial charge in [0.25, 0.3) is 0 Å². The molecular formula is C18H17N5S2. The average Bonchev–Trinajstić information content (AvgIpc) is 3.19. The van der Waals surface area contributed by atoms with Crippen molar-refractivity contribution in [2.24, 2.45) is 0 Å². The second kappa shape index (κ2) is 6.57. The molecule has 3 aromatic heterocycles. The Morgan fingerprint density at radius 1 is 1.08 bits per heavy atom. The number of benzene rings is 1. The number of hydrogen-bond donors (Lipinski definition) is 0. The van der Waals surface area contributed by atoms with Crippen LogP contribution in [0.25, 0.3) is 20.7 Å². The molecule has 0 unspecified atom stereocenters. The van der Waals surface area contributed by atoms with Crippen LogP contribution in [0.4, 0.5) is 0 Å². The molecule has 0 fully saturated rings. The number of thiophene rings is 1. The molecule has 0 spiro atoms. The lowest BCUT2D eigenvalue weighted by molar-refractivity contribution is 0.661. The summed E-state index contributed by atoms with van der Waals surface area (Å²) in [6, 6.07) is 12.6. The van der Waals surface area contributed by atoms with Gasteiger partial charge in [0.05, 0.1) is 0 Å². The van der Waals surface area contributed by atoms with Crippen LogP contribution in [-0.2, 0) is 6.54 Å². The first-order valence-electron chi connectivity index (χ1n) is 8.07. The second-order valence-electron chi connectivity index (χ2n) is 5.65. The minimum absolute atomic E-state index is 0.774. The van der Waals surface area contributed by atoms with Crippen LogP contribution in [0, 0.1) is 13.8 Å². The van der Waals surface area contributed by atoms with Crippen LogP contribution in [0.3, 0.4) is 0 Å². The third kappa shape index (κ3) is 3.05. The molecule has 0 N–H and O–H groups in total. The van der Waals surface area contributed by atoms with Gasteiger partial charge in [0.15, 0.2) is 5.16 Å². The highest BCUT2D eigenvalue weighted by molar-refractivity contribution is 7.99. The Balaban J connectivity index is 1.82. The molecule has 4 aromatic rings. The van der Waals surface area contributed by atoms with Gasteiger partial charge in [-0.3, -0.25) is 0 Å². The second-order valence-corrected chi connectivity index (χ2v) is 7.63. The fraction of sp³-hybridized carbons (Fsp3) is 0.222. The van der Waals surface area contributed by atoms with E-state index in [9.17, 15) is 0 Å². The highest BCUT2D eigenvalue weighted by atomic mass is 32.2. The summed E-state index contributed by atoms with van der Waals surface area (Å²) < 4.78 is 2.10. The fourth-order valence-corrected chi connectivity index (χ4v) is 4.92. The SMILES string of the molecule is CCn1c(C)nnc1Sc1nc(C)nc2sc(-c3ccccc3)cc12. The molecule has 0 bridgehead atoms. The maximum Gasteiger partial charge on any atom is 0.197 e. The van der Waals surface area contributed by atoms with Gasteiger partial charge in [0.2, 0.25) is 0 Å². The number of nitrogens with zero attached hydrogens (tertiary/aromatic N) is 5. The maximum atomic E-state index is 4.67. The molecule has 25 heavy (non-hydrogen) atoms. The first kappa shape index (κ1) is 16.2. The molecule has 0 aliphatic heterocycles. The minimum atomic E-state index is 0.774. The van der Waals surface area contributed by atoms with Crippen LogP contribution in [0.2, 0.25) is 0 Å². The number of rotatable bonds is 4. The zero-order chi connectivity index (χ0) is 17.4. The van der Waals surface area contributed by atoms with Crippen LogP contribution >= 0.6 is 23.1 Å². The van der Waals surface area contributed by atoms with Gasteiger partial charge in [-0.05, 0) is 44.2 Å². The fourth-order valence-electron chi connectivity index (χ4n) is 2.71. The summed E-state index contributed by atoms with van der Waals surface area (Å²) in [6.07, 6.45) is 0. The van der Waals surface area contributed by atoms with E-state index >= 15 is 0 Å². The molecule has 1 aromatic carbocycles. The third-order valence-corrected chi connectivity index (χ3v) is 6.00. The van der Waals surface area contributed by atoms with Gasteiger partial charge in [-0.25, -0.2) is 9.97 Å². The van der Waals surface area contributed by atoms with Gasteiger partial charge in [0, 0.05) is 16.8 Å². The van der Waals surface area contributed by atoms with Crippen molar-refractivity contribution in [1.82, 2.24) is 24.7 Å². The summed E-state index contributed by atoms with van der Waals surface area (Å²) in [7, 11) is 0. The molecule has 7 heteroatoms. The van der Waals surface area contributed by atoms with Crippen molar-refractivity contribution in [1.29, 1.82) is 0 Å². The van der Waals surface area contributed by atoms with Gasteiger partial charge in [-0.2, -0.15) is 0 Å². The Bertz CT molecular complexity index is 1040. The van der Waals surface area contributed by atoms with Crippen LogP contribution in [0.15, 0.2) is 46.6 Å². The lowest BCUT2D eigenvalue weighted by atomic mass is 10.2. The molecule has 3 heterocycles. The lowest BCUT2D eigenvalue weighted by Crippen LogP contribution is -1.99. The molecule has 0 saturated heterocycles. The Morgan fingerprint density at radius 2 is 1.88 bits per heavy atom. The van der Waals surface area contributed by atoms with Crippen molar-refractivity contribution < 1.29 is 0 Å². The van der Waals surface area contributed by atoms with Gasteiger partial charge in [-0.15, -0.1) is 21.5 Å². The molecule has 0 amide bonds. The normalized spacial score (nSPS) is 11.3. The standard InChI is InChI=1S/C18H17N5S2/c1-4-23-12(3)21-22-18(23)25-17-14-10-15(13-8-6-5-7-9-13)24-16(14)19-11(2)20-17/h5-10H,4H2,1-3H3. The summed E-state index contributed by atoms with van der Waals surface area (Å²) in [5.41, 5.74) is 1.20. The summed E-state index contributed by atoms with van der Waals surface area (Å²) in [5, 5.41) is 11.4. The predicted octanol–water partition coefficient (Wildman–Crippen LogP) is 4.74. The van der Waals surface area contributed by atoms with Crippen molar-refractivity contribution in [3.63, 3.8) is 0 Å². The van der Waals surface area contributed by atoms with E-state index in [4.69, 9.17) is 0 Å². The third-order valence-electron chi connectivity index (χ3n) is 3.93. The lowest BCUT2D eigenvalue weighted by Gasteiger charge is -2.05. The summed E-state index contributed by atoms with van der Waals surface area (Å²) in [4.78, 5) is 11.5. The zero-order valence-electron chi connectivity index (χ0n) is 14.2. The first-order valence-corrected chi connectivity index (χ1v) is 9.70. The van der Waals surface area contributed by atoms with E-state index in [0.717, 1.165) is 38.6 Å². The summed E-state index contributed by atoms with van der Waals surface area (Å²) >= 11 is 3.25. The molecule has 0 aliphatic rings. The van der Waals surface area contributed by atoms with E-state index in [1.165, 1.54) is 10.4 Å². The number of aromatic nitrogens is 5. The molecule has 126 valence electrons. The monoisotopic (exact) mass is 367 g/mol. The highest BCUT2D eigenvalue weighted by Gasteiger charge is 2.16. The minimum Gasteiger partial charge on any atom is -0.306 e. The largest absolute Gasteiger partial charge is 0.306 e. The highest BCUT2D eigenvalue weighted by Crippen LogP contribution is 2.38.